The van der Waals surface area contributed by atoms with Gasteiger partial charge in [-0.1, -0.05) is 25.4 Å². The molecule has 1 aliphatic rings. The monoisotopic (exact) mass is 253 g/mol. The first-order chi connectivity index (χ1) is 8.15. The Balaban J connectivity index is 2.35. The van der Waals surface area contributed by atoms with Gasteiger partial charge in [0.1, 0.15) is 17.3 Å². The normalized spacial score (nSPS) is 25.1. The largest absolute Gasteiger partial charge is 0.353 e. The minimum absolute atomic E-state index is 0.528. The predicted molar refractivity (Wildman–Crippen MR) is 71.6 cm³/mol. The minimum atomic E-state index is 0.528. The van der Waals surface area contributed by atoms with Gasteiger partial charge in [-0.25, -0.2) is 9.97 Å². The number of hydrogen-bond acceptors (Lipinski definition) is 3. The summed E-state index contributed by atoms with van der Waals surface area (Å²) < 4.78 is 0. The second-order valence-corrected chi connectivity index (χ2v) is 5.23. The summed E-state index contributed by atoms with van der Waals surface area (Å²) in [6.45, 7) is 7.77. The van der Waals surface area contributed by atoms with Crippen LogP contribution >= 0.6 is 11.6 Å². The number of piperidine rings is 1. The van der Waals surface area contributed by atoms with E-state index >= 15 is 0 Å². The molecule has 0 spiro atoms. The smallest absolute Gasteiger partial charge is 0.137 e. The summed E-state index contributed by atoms with van der Waals surface area (Å²) in [5.41, 5.74) is 1.08. The molecule has 94 valence electrons. The maximum absolute atomic E-state index is 6.16. The van der Waals surface area contributed by atoms with Crippen LogP contribution in [0.15, 0.2) is 6.33 Å². The molecule has 2 rings (SSSR count). The first-order valence-corrected chi connectivity index (χ1v) is 6.79. The van der Waals surface area contributed by atoms with Gasteiger partial charge in [0.2, 0.25) is 0 Å². The zero-order chi connectivity index (χ0) is 12.4. The average molecular weight is 254 g/mol. The van der Waals surface area contributed by atoms with Crippen LogP contribution < -0.4 is 4.90 Å². The summed E-state index contributed by atoms with van der Waals surface area (Å²) in [6.07, 6.45) is 4.99. The lowest BCUT2D eigenvalue weighted by molar-refractivity contribution is 0.361. The quantitative estimate of drug-likeness (QED) is 0.758. The molecule has 2 heterocycles. The van der Waals surface area contributed by atoms with Crippen molar-refractivity contribution in [3.63, 3.8) is 0 Å². The van der Waals surface area contributed by atoms with Crippen LogP contribution in [0.1, 0.15) is 39.2 Å². The first-order valence-electron chi connectivity index (χ1n) is 6.41. The Morgan fingerprint density at radius 3 is 2.88 bits per heavy atom. The summed E-state index contributed by atoms with van der Waals surface area (Å²) >= 11 is 6.16. The second-order valence-electron chi connectivity index (χ2n) is 4.87. The van der Waals surface area contributed by atoms with Gasteiger partial charge in [-0.15, -0.1) is 0 Å². The van der Waals surface area contributed by atoms with E-state index in [1.807, 2.05) is 0 Å². The van der Waals surface area contributed by atoms with Gasteiger partial charge in [-0.3, -0.25) is 0 Å². The van der Waals surface area contributed by atoms with Crippen molar-refractivity contribution in [2.75, 3.05) is 11.4 Å². The molecular formula is C13H20ClN3. The molecule has 0 saturated carbocycles. The number of aromatic nitrogens is 2. The average Bonchev–Trinajstić information content (AvgIpc) is 2.32. The van der Waals surface area contributed by atoms with E-state index in [4.69, 9.17) is 11.6 Å². The third-order valence-corrected chi connectivity index (χ3v) is 4.19. The number of hydrogen-bond donors (Lipinski definition) is 0. The van der Waals surface area contributed by atoms with Crippen molar-refractivity contribution < 1.29 is 0 Å². The maximum Gasteiger partial charge on any atom is 0.137 e. The molecule has 0 bridgehead atoms. The third kappa shape index (κ3) is 2.39. The molecule has 1 aromatic heterocycles. The van der Waals surface area contributed by atoms with Crippen molar-refractivity contribution in [1.29, 1.82) is 0 Å². The molecule has 3 nitrogen and oxygen atoms in total. The molecule has 17 heavy (non-hydrogen) atoms. The summed E-state index contributed by atoms with van der Waals surface area (Å²) in [6, 6.07) is 0.528. The molecule has 0 N–H and O–H groups in total. The summed E-state index contributed by atoms with van der Waals surface area (Å²) in [5, 5.41) is 0.600. The van der Waals surface area contributed by atoms with Crippen LogP contribution in [0.25, 0.3) is 0 Å². The van der Waals surface area contributed by atoms with E-state index in [0.29, 0.717) is 17.1 Å². The van der Waals surface area contributed by atoms with Crippen molar-refractivity contribution >= 4 is 17.4 Å². The Morgan fingerprint density at radius 1 is 1.41 bits per heavy atom. The van der Waals surface area contributed by atoms with Crippen molar-refractivity contribution in [1.82, 2.24) is 9.97 Å². The summed E-state index contributed by atoms with van der Waals surface area (Å²) in [5.74, 6) is 1.74. The van der Waals surface area contributed by atoms with Gasteiger partial charge < -0.3 is 4.90 Å². The van der Waals surface area contributed by atoms with E-state index in [-0.39, 0.29) is 0 Å². The van der Waals surface area contributed by atoms with Gasteiger partial charge in [-0.2, -0.15) is 0 Å². The van der Waals surface area contributed by atoms with Gasteiger partial charge in [-0.05, 0) is 32.1 Å². The van der Waals surface area contributed by atoms with Crippen molar-refractivity contribution in [3.05, 3.63) is 17.0 Å². The molecule has 1 fully saturated rings. The summed E-state index contributed by atoms with van der Waals surface area (Å²) in [7, 11) is 0. The van der Waals surface area contributed by atoms with E-state index in [1.54, 1.807) is 6.33 Å². The molecule has 1 aromatic rings. The number of nitrogens with zero attached hydrogens (tertiary/aromatic N) is 3. The van der Waals surface area contributed by atoms with Crippen LogP contribution in [0.2, 0.25) is 5.15 Å². The number of anilines is 1. The first kappa shape index (κ1) is 12.6. The number of rotatable bonds is 2. The SMILES string of the molecule is CCc1c(Cl)ncnc1N1CCCC(C)C1C. The number of halogens is 1. The van der Waals surface area contributed by atoms with Gasteiger partial charge in [0, 0.05) is 18.2 Å². The van der Waals surface area contributed by atoms with Gasteiger partial charge in [0.25, 0.3) is 0 Å². The molecule has 1 aliphatic heterocycles. The Morgan fingerprint density at radius 2 is 2.18 bits per heavy atom. The Bertz CT molecular complexity index is 394. The lowest BCUT2D eigenvalue weighted by Crippen LogP contribution is -2.43. The van der Waals surface area contributed by atoms with Gasteiger partial charge in [0.15, 0.2) is 0 Å². The van der Waals surface area contributed by atoms with E-state index in [0.717, 1.165) is 24.3 Å². The zero-order valence-corrected chi connectivity index (χ0v) is 11.5. The fraction of sp³-hybridized carbons (Fsp3) is 0.692. The standard InChI is InChI=1S/C13H20ClN3/c1-4-11-12(14)15-8-16-13(11)17-7-5-6-9(2)10(17)3/h8-10H,4-7H2,1-3H3. The molecule has 2 unspecified atom stereocenters. The molecule has 0 aromatic carbocycles. The fourth-order valence-electron chi connectivity index (χ4n) is 2.57. The maximum atomic E-state index is 6.16. The molecule has 0 aliphatic carbocycles. The van der Waals surface area contributed by atoms with Crippen LogP contribution in [0.4, 0.5) is 5.82 Å². The molecule has 4 heteroatoms. The molecule has 0 radical (unpaired) electrons. The van der Waals surface area contributed by atoms with Gasteiger partial charge in [0.05, 0.1) is 0 Å². The molecule has 0 amide bonds. The molecule has 2 atom stereocenters. The van der Waals surface area contributed by atoms with Gasteiger partial charge >= 0.3 is 0 Å². The summed E-state index contributed by atoms with van der Waals surface area (Å²) in [4.78, 5) is 10.9. The van der Waals surface area contributed by atoms with E-state index in [2.05, 4.69) is 35.6 Å². The highest BCUT2D eigenvalue weighted by Gasteiger charge is 2.27. The predicted octanol–water partition coefficient (Wildman–Crippen LogP) is 3.32. The van der Waals surface area contributed by atoms with Crippen molar-refractivity contribution in [2.24, 2.45) is 5.92 Å². The highest BCUT2D eigenvalue weighted by Crippen LogP contribution is 2.31. The van der Waals surface area contributed by atoms with E-state index in [1.165, 1.54) is 12.8 Å². The Hall–Kier alpha value is -0.830. The topological polar surface area (TPSA) is 29.0 Å². The lowest BCUT2D eigenvalue weighted by atomic mass is 9.92. The zero-order valence-electron chi connectivity index (χ0n) is 10.8. The van der Waals surface area contributed by atoms with Crippen molar-refractivity contribution in [3.8, 4) is 0 Å². The van der Waals surface area contributed by atoms with Crippen LogP contribution in [0.5, 0.6) is 0 Å². The van der Waals surface area contributed by atoms with E-state index < -0.39 is 0 Å². The Kier molecular flexibility index (Phi) is 3.87. The van der Waals surface area contributed by atoms with Crippen molar-refractivity contribution in [2.45, 2.75) is 46.1 Å². The highest BCUT2D eigenvalue weighted by atomic mass is 35.5. The van der Waals surface area contributed by atoms with E-state index in [9.17, 15) is 0 Å². The third-order valence-electron chi connectivity index (χ3n) is 3.87. The van der Waals surface area contributed by atoms with Crippen LogP contribution in [0, 0.1) is 5.92 Å². The fourth-order valence-corrected chi connectivity index (χ4v) is 2.83. The molecular weight excluding hydrogens is 234 g/mol. The molecule has 1 saturated heterocycles. The minimum Gasteiger partial charge on any atom is -0.353 e. The lowest BCUT2D eigenvalue weighted by Gasteiger charge is -2.39. The highest BCUT2D eigenvalue weighted by molar-refractivity contribution is 6.30. The second kappa shape index (κ2) is 5.21. The van der Waals surface area contributed by atoms with Crippen LogP contribution in [-0.4, -0.2) is 22.6 Å². The van der Waals surface area contributed by atoms with Crippen LogP contribution in [0.3, 0.4) is 0 Å². The van der Waals surface area contributed by atoms with Crippen LogP contribution in [-0.2, 0) is 6.42 Å². The Labute approximate surface area is 108 Å².